The molecule has 3 atom stereocenters. The summed E-state index contributed by atoms with van der Waals surface area (Å²) < 4.78 is 10.7. The van der Waals surface area contributed by atoms with Gasteiger partial charge < -0.3 is 19.7 Å². The van der Waals surface area contributed by atoms with Gasteiger partial charge in [-0.25, -0.2) is 0 Å². The van der Waals surface area contributed by atoms with Crippen LogP contribution in [-0.2, 0) is 11.2 Å². The highest BCUT2D eigenvalue weighted by Gasteiger charge is 2.46. The zero-order valence-electron chi connectivity index (χ0n) is 17.2. The Bertz CT molecular complexity index is 873. The van der Waals surface area contributed by atoms with Crippen LogP contribution in [0.5, 0.6) is 11.5 Å². The zero-order chi connectivity index (χ0) is 19.7. The number of rotatable bonds is 5. The van der Waals surface area contributed by atoms with Crippen molar-refractivity contribution in [1.29, 1.82) is 0 Å². The van der Waals surface area contributed by atoms with Gasteiger partial charge in [0.1, 0.15) is 0 Å². The van der Waals surface area contributed by atoms with Gasteiger partial charge in [0.25, 0.3) is 0 Å². The second-order valence-electron chi connectivity index (χ2n) is 7.80. The van der Waals surface area contributed by atoms with Crippen LogP contribution in [0.25, 0.3) is 0 Å². The Morgan fingerprint density at radius 1 is 1.10 bits per heavy atom. The van der Waals surface area contributed by atoms with Gasteiger partial charge in [0.05, 0.1) is 26.7 Å². The summed E-state index contributed by atoms with van der Waals surface area (Å²) in [7, 11) is 3.23. The maximum Gasteiger partial charge on any atom is 0.227 e. The standard InChI is InChI=1S/C23H28N2O3.ClH/c1-15-6-4-5-7-18(15)23-19-13-24-12-17(19)14-25(23)22(26)11-16-8-9-20(27-2)21(10-16)28-3;/h4-10,17,19,23-24H,11-14H2,1-3H3;1H/t17-,19-,23+;/m0./s1. The maximum absolute atomic E-state index is 13.3. The minimum Gasteiger partial charge on any atom is -0.493 e. The Hall–Kier alpha value is -2.24. The number of aryl methyl sites for hydroxylation is 1. The smallest absolute Gasteiger partial charge is 0.227 e. The van der Waals surface area contributed by atoms with E-state index in [1.165, 1.54) is 11.1 Å². The molecule has 0 radical (unpaired) electrons. The van der Waals surface area contributed by atoms with Gasteiger partial charge in [-0.3, -0.25) is 4.79 Å². The summed E-state index contributed by atoms with van der Waals surface area (Å²) in [4.78, 5) is 15.4. The predicted octanol–water partition coefficient (Wildman–Crippen LogP) is 3.40. The summed E-state index contributed by atoms with van der Waals surface area (Å²) in [6, 6.07) is 14.3. The maximum atomic E-state index is 13.3. The number of carbonyl (C=O) groups excluding carboxylic acids is 1. The third-order valence-electron chi connectivity index (χ3n) is 6.20. The van der Waals surface area contributed by atoms with E-state index < -0.39 is 0 Å². The number of benzene rings is 2. The van der Waals surface area contributed by atoms with E-state index in [-0.39, 0.29) is 24.4 Å². The van der Waals surface area contributed by atoms with E-state index in [2.05, 4.69) is 41.4 Å². The summed E-state index contributed by atoms with van der Waals surface area (Å²) in [6.45, 7) is 4.93. The average Bonchev–Trinajstić information content (AvgIpc) is 3.29. The lowest BCUT2D eigenvalue weighted by molar-refractivity contribution is -0.131. The number of likely N-dealkylation sites (tertiary alicyclic amines) is 1. The van der Waals surface area contributed by atoms with Crippen molar-refractivity contribution in [3.8, 4) is 11.5 Å². The van der Waals surface area contributed by atoms with Gasteiger partial charge in [0.2, 0.25) is 5.91 Å². The molecule has 4 rings (SSSR count). The number of carbonyl (C=O) groups is 1. The molecule has 1 amide bonds. The quantitative estimate of drug-likeness (QED) is 0.811. The first kappa shape index (κ1) is 21.5. The Balaban J connectivity index is 0.00000240. The van der Waals surface area contributed by atoms with Crippen LogP contribution in [0.4, 0.5) is 0 Å². The Morgan fingerprint density at radius 3 is 2.59 bits per heavy atom. The molecule has 1 N–H and O–H groups in total. The van der Waals surface area contributed by atoms with Crippen LogP contribution < -0.4 is 14.8 Å². The van der Waals surface area contributed by atoms with Crippen LogP contribution in [0.3, 0.4) is 0 Å². The van der Waals surface area contributed by atoms with Crippen LogP contribution in [0, 0.1) is 18.8 Å². The number of hydrogen-bond donors (Lipinski definition) is 1. The molecular weight excluding hydrogens is 388 g/mol. The highest BCUT2D eigenvalue weighted by atomic mass is 35.5. The van der Waals surface area contributed by atoms with Crippen molar-refractivity contribution in [3.05, 3.63) is 59.2 Å². The number of nitrogens with one attached hydrogen (secondary N) is 1. The molecule has 0 unspecified atom stereocenters. The zero-order valence-corrected chi connectivity index (χ0v) is 18.0. The van der Waals surface area contributed by atoms with E-state index in [9.17, 15) is 4.79 Å². The first-order valence-electron chi connectivity index (χ1n) is 9.89. The topological polar surface area (TPSA) is 50.8 Å². The van der Waals surface area contributed by atoms with Crippen LogP contribution in [0.2, 0.25) is 0 Å². The Kier molecular flexibility index (Phi) is 6.70. The fourth-order valence-corrected chi connectivity index (χ4v) is 4.76. The van der Waals surface area contributed by atoms with Crippen molar-refractivity contribution < 1.29 is 14.3 Å². The molecule has 2 saturated heterocycles. The fraction of sp³-hybridized carbons (Fsp3) is 0.435. The molecular formula is C23H29ClN2O3. The monoisotopic (exact) mass is 416 g/mol. The van der Waals surface area contributed by atoms with Gasteiger partial charge in [-0.15, -0.1) is 12.4 Å². The SMILES string of the molecule is COc1ccc(CC(=O)N2C[C@@H]3CNC[C@@H]3[C@H]2c2ccccc2C)cc1OC.Cl. The molecule has 2 aliphatic rings. The van der Waals surface area contributed by atoms with Crippen molar-refractivity contribution in [2.75, 3.05) is 33.9 Å². The van der Waals surface area contributed by atoms with Crippen LogP contribution in [-0.4, -0.2) is 44.7 Å². The second kappa shape index (κ2) is 9.06. The van der Waals surface area contributed by atoms with Crippen LogP contribution >= 0.6 is 12.4 Å². The van der Waals surface area contributed by atoms with E-state index in [1.807, 2.05) is 18.2 Å². The first-order chi connectivity index (χ1) is 13.6. The van der Waals surface area contributed by atoms with E-state index in [0.717, 1.165) is 25.2 Å². The highest BCUT2D eigenvalue weighted by molar-refractivity contribution is 5.85. The van der Waals surface area contributed by atoms with Crippen LogP contribution in [0.15, 0.2) is 42.5 Å². The van der Waals surface area contributed by atoms with Gasteiger partial charge in [-0.05, 0) is 41.7 Å². The molecule has 0 bridgehead atoms. The number of halogens is 1. The summed E-state index contributed by atoms with van der Waals surface area (Å²) in [5, 5.41) is 3.51. The predicted molar refractivity (Wildman–Crippen MR) is 116 cm³/mol. The van der Waals surface area contributed by atoms with Crippen molar-refractivity contribution in [2.24, 2.45) is 11.8 Å². The number of methoxy groups -OCH3 is 2. The number of hydrogen-bond acceptors (Lipinski definition) is 4. The van der Waals surface area contributed by atoms with E-state index in [4.69, 9.17) is 9.47 Å². The molecule has 29 heavy (non-hydrogen) atoms. The molecule has 0 aromatic heterocycles. The largest absolute Gasteiger partial charge is 0.493 e. The van der Waals surface area contributed by atoms with E-state index >= 15 is 0 Å². The second-order valence-corrected chi connectivity index (χ2v) is 7.80. The highest BCUT2D eigenvalue weighted by Crippen LogP contribution is 2.43. The normalized spacial score (nSPS) is 22.7. The van der Waals surface area contributed by atoms with E-state index in [0.29, 0.717) is 29.8 Å². The number of fused-ring (bicyclic) bond motifs is 1. The minimum atomic E-state index is 0. The van der Waals surface area contributed by atoms with Gasteiger partial charge in [0.15, 0.2) is 11.5 Å². The number of nitrogens with zero attached hydrogens (tertiary/aromatic N) is 1. The third-order valence-corrected chi connectivity index (χ3v) is 6.20. The summed E-state index contributed by atoms with van der Waals surface area (Å²) >= 11 is 0. The lowest BCUT2D eigenvalue weighted by Crippen LogP contribution is -2.36. The molecule has 0 saturated carbocycles. The number of amides is 1. The molecule has 5 nitrogen and oxygen atoms in total. The molecule has 156 valence electrons. The molecule has 2 aromatic carbocycles. The van der Waals surface area contributed by atoms with E-state index in [1.54, 1.807) is 14.2 Å². The molecule has 2 aromatic rings. The minimum absolute atomic E-state index is 0. The first-order valence-corrected chi connectivity index (χ1v) is 9.89. The number of ether oxygens (including phenoxy) is 2. The average molecular weight is 417 g/mol. The van der Waals surface area contributed by atoms with Crippen molar-refractivity contribution in [2.45, 2.75) is 19.4 Å². The molecule has 0 spiro atoms. The summed E-state index contributed by atoms with van der Waals surface area (Å²) in [5.74, 6) is 2.52. The molecule has 2 fully saturated rings. The molecule has 0 aliphatic carbocycles. The lowest BCUT2D eigenvalue weighted by atomic mass is 9.87. The molecule has 2 heterocycles. The summed E-state index contributed by atoms with van der Waals surface area (Å²) in [5.41, 5.74) is 3.48. The molecule has 2 aliphatic heterocycles. The Morgan fingerprint density at radius 2 is 1.86 bits per heavy atom. The fourth-order valence-electron chi connectivity index (χ4n) is 4.76. The van der Waals surface area contributed by atoms with Crippen molar-refractivity contribution >= 4 is 18.3 Å². The Labute approximate surface area is 178 Å². The van der Waals surface area contributed by atoms with Gasteiger partial charge >= 0.3 is 0 Å². The third kappa shape index (κ3) is 4.07. The van der Waals surface area contributed by atoms with Crippen molar-refractivity contribution in [3.63, 3.8) is 0 Å². The summed E-state index contributed by atoms with van der Waals surface area (Å²) in [6.07, 6.45) is 0.371. The lowest BCUT2D eigenvalue weighted by Gasteiger charge is -2.30. The van der Waals surface area contributed by atoms with Crippen LogP contribution in [0.1, 0.15) is 22.7 Å². The van der Waals surface area contributed by atoms with Gasteiger partial charge in [-0.2, -0.15) is 0 Å². The van der Waals surface area contributed by atoms with Crippen molar-refractivity contribution in [1.82, 2.24) is 10.2 Å². The van der Waals surface area contributed by atoms with Gasteiger partial charge in [0, 0.05) is 25.6 Å². The molecule has 6 heteroatoms. The van der Waals surface area contributed by atoms with Gasteiger partial charge in [-0.1, -0.05) is 30.3 Å².